The normalized spacial score (nSPS) is 12.9. The van der Waals surface area contributed by atoms with E-state index in [9.17, 15) is 19.8 Å². The van der Waals surface area contributed by atoms with Crippen molar-refractivity contribution in [2.45, 2.75) is 90.3 Å². The number of unbranched alkanes of at least 4 members (excludes halogenated alkanes) is 6. The molecule has 1 aromatic rings. The van der Waals surface area contributed by atoms with E-state index in [1.54, 1.807) is 0 Å². The van der Waals surface area contributed by atoms with Crippen LogP contribution in [0.4, 0.5) is 0 Å². The quantitative estimate of drug-likeness (QED) is 0.297. The van der Waals surface area contributed by atoms with E-state index < -0.39 is 24.1 Å². The van der Waals surface area contributed by atoms with Crippen LogP contribution in [0.2, 0.25) is 0 Å². The average Bonchev–Trinajstić information content (AvgIpc) is 2.76. The molecule has 0 saturated heterocycles. The fourth-order valence-electron chi connectivity index (χ4n) is 3.03. The largest absolute Gasteiger partial charge is 0.459 e. The van der Waals surface area contributed by atoms with Gasteiger partial charge in [-0.2, -0.15) is 0 Å². The predicted molar refractivity (Wildman–Crippen MR) is 117 cm³/mol. The zero-order valence-electron chi connectivity index (χ0n) is 18.5. The Bertz CT molecular complexity index is 545. The molecule has 0 spiro atoms. The molecular weight excluding hydrogens is 384 g/mol. The van der Waals surface area contributed by atoms with E-state index in [-0.39, 0.29) is 13.2 Å². The number of aliphatic hydroxyl groups is 2. The number of hydrogen-bond donors (Lipinski definition) is 2. The van der Waals surface area contributed by atoms with Crippen LogP contribution in [0.1, 0.15) is 98.8 Å². The number of aliphatic hydroxyl groups excluding tert-OH is 2. The number of carbonyl (C=O) groups excluding carboxylic acids is 2. The van der Waals surface area contributed by atoms with Crippen LogP contribution in [0, 0.1) is 0 Å². The standard InChI is InChI=1S/C24H38O6/c1-3-5-7-9-11-21(25)17-29-23(27)19-13-15-20(16-14-19)24(28)30-18-22(26)12-10-8-6-4-2/h13-16,21-22,25-26H,3-12,17-18H2,1-2H3. The summed E-state index contributed by atoms with van der Waals surface area (Å²) in [6, 6.07) is 5.98. The van der Waals surface area contributed by atoms with E-state index >= 15 is 0 Å². The molecule has 0 saturated carbocycles. The van der Waals surface area contributed by atoms with Crippen LogP contribution in [-0.4, -0.2) is 47.6 Å². The first-order valence-corrected chi connectivity index (χ1v) is 11.3. The molecule has 0 bridgehead atoms. The fourth-order valence-corrected chi connectivity index (χ4v) is 3.03. The van der Waals surface area contributed by atoms with Crippen LogP contribution < -0.4 is 0 Å². The molecule has 0 heterocycles. The molecule has 0 aliphatic heterocycles. The summed E-state index contributed by atoms with van der Waals surface area (Å²) in [5, 5.41) is 19.8. The molecule has 2 atom stereocenters. The number of rotatable bonds is 16. The van der Waals surface area contributed by atoms with Crippen molar-refractivity contribution in [3.8, 4) is 0 Å². The Kier molecular flexibility index (Phi) is 13.8. The molecule has 6 nitrogen and oxygen atoms in total. The van der Waals surface area contributed by atoms with Gasteiger partial charge in [0, 0.05) is 0 Å². The van der Waals surface area contributed by atoms with Crippen LogP contribution in [0.15, 0.2) is 24.3 Å². The Morgan fingerprint density at radius 2 is 1.07 bits per heavy atom. The fraction of sp³-hybridized carbons (Fsp3) is 0.667. The lowest BCUT2D eigenvalue weighted by molar-refractivity contribution is 0.0225. The SMILES string of the molecule is CCCCCCC(O)COC(=O)c1ccc(C(=O)OCC(O)CCCCCC)cc1. The van der Waals surface area contributed by atoms with Crippen molar-refractivity contribution in [1.29, 1.82) is 0 Å². The zero-order chi connectivity index (χ0) is 22.2. The molecule has 0 aliphatic rings. The van der Waals surface area contributed by atoms with E-state index in [0.29, 0.717) is 24.0 Å². The highest BCUT2D eigenvalue weighted by atomic mass is 16.5. The van der Waals surface area contributed by atoms with Crippen LogP contribution in [0.5, 0.6) is 0 Å². The maximum absolute atomic E-state index is 12.1. The van der Waals surface area contributed by atoms with Gasteiger partial charge in [0.2, 0.25) is 0 Å². The summed E-state index contributed by atoms with van der Waals surface area (Å²) in [5.41, 5.74) is 0.612. The summed E-state index contributed by atoms with van der Waals surface area (Å²) in [4.78, 5) is 24.2. The van der Waals surface area contributed by atoms with E-state index in [2.05, 4.69) is 13.8 Å². The number of esters is 2. The summed E-state index contributed by atoms with van der Waals surface area (Å²) in [5.74, 6) is -1.07. The molecule has 2 unspecified atom stereocenters. The Morgan fingerprint density at radius 1 is 0.700 bits per heavy atom. The van der Waals surface area contributed by atoms with E-state index in [4.69, 9.17) is 9.47 Å². The Balaban J connectivity index is 2.33. The van der Waals surface area contributed by atoms with Crippen molar-refractivity contribution < 1.29 is 29.3 Å². The van der Waals surface area contributed by atoms with E-state index in [0.717, 1.165) is 51.4 Å². The van der Waals surface area contributed by atoms with Gasteiger partial charge in [-0.1, -0.05) is 65.2 Å². The van der Waals surface area contributed by atoms with E-state index in [1.165, 1.54) is 24.3 Å². The van der Waals surface area contributed by atoms with Gasteiger partial charge in [-0.15, -0.1) is 0 Å². The van der Waals surface area contributed by atoms with Gasteiger partial charge in [0.25, 0.3) is 0 Å². The molecule has 0 radical (unpaired) electrons. The monoisotopic (exact) mass is 422 g/mol. The van der Waals surface area contributed by atoms with Crippen LogP contribution >= 0.6 is 0 Å². The third-order valence-electron chi connectivity index (χ3n) is 4.95. The summed E-state index contributed by atoms with van der Waals surface area (Å²) < 4.78 is 10.3. The number of ether oxygens (including phenoxy) is 2. The molecule has 0 aromatic heterocycles. The van der Waals surface area contributed by atoms with Crippen molar-refractivity contribution in [3.63, 3.8) is 0 Å². The number of carbonyl (C=O) groups is 2. The highest BCUT2D eigenvalue weighted by Crippen LogP contribution is 2.11. The maximum Gasteiger partial charge on any atom is 0.338 e. The molecule has 1 aromatic carbocycles. The second-order valence-electron chi connectivity index (χ2n) is 7.78. The third kappa shape index (κ3) is 11.3. The first-order valence-electron chi connectivity index (χ1n) is 11.3. The lowest BCUT2D eigenvalue weighted by Gasteiger charge is -2.12. The van der Waals surface area contributed by atoms with E-state index in [1.807, 2.05) is 0 Å². The van der Waals surface area contributed by atoms with Crippen molar-refractivity contribution in [1.82, 2.24) is 0 Å². The second kappa shape index (κ2) is 15.9. The first kappa shape index (κ1) is 26.1. The molecule has 1 rings (SSSR count). The Hall–Kier alpha value is -1.92. The molecule has 170 valence electrons. The Morgan fingerprint density at radius 3 is 1.40 bits per heavy atom. The van der Waals surface area contributed by atoms with Crippen LogP contribution in [0.25, 0.3) is 0 Å². The third-order valence-corrected chi connectivity index (χ3v) is 4.95. The minimum Gasteiger partial charge on any atom is -0.459 e. The number of benzene rings is 1. The molecule has 0 amide bonds. The second-order valence-corrected chi connectivity index (χ2v) is 7.78. The molecule has 6 heteroatoms. The summed E-state index contributed by atoms with van der Waals surface area (Å²) in [6.45, 7) is 4.18. The smallest absolute Gasteiger partial charge is 0.338 e. The number of hydrogen-bond acceptors (Lipinski definition) is 6. The summed E-state index contributed by atoms with van der Waals surface area (Å²) in [6.07, 6.45) is 8.41. The molecule has 30 heavy (non-hydrogen) atoms. The summed E-state index contributed by atoms with van der Waals surface area (Å²) >= 11 is 0. The van der Waals surface area contributed by atoms with Crippen LogP contribution in [-0.2, 0) is 9.47 Å². The molecular formula is C24H38O6. The maximum atomic E-state index is 12.1. The highest BCUT2D eigenvalue weighted by molar-refractivity contribution is 5.93. The lowest BCUT2D eigenvalue weighted by atomic mass is 10.1. The highest BCUT2D eigenvalue weighted by Gasteiger charge is 2.14. The van der Waals surface area contributed by atoms with Crippen molar-refractivity contribution in [3.05, 3.63) is 35.4 Å². The van der Waals surface area contributed by atoms with Crippen molar-refractivity contribution >= 4 is 11.9 Å². The van der Waals surface area contributed by atoms with Gasteiger partial charge in [0.1, 0.15) is 13.2 Å². The lowest BCUT2D eigenvalue weighted by Crippen LogP contribution is -2.19. The van der Waals surface area contributed by atoms with Gasteiger partial charge in [-0.25, -0.2) is 9.59 Å². The Labute approximate surface area is 180 Å². The van der Waals surface area contributed by atoms with Crippen molar-refractivity contribution in [2.24, 2.45) is 0 Å². The molecule has 0 aliphatic carbocycles. The average molecular weight is 423 g/mol. The molecule has 0 fully saturated rings. The van der Waals surface area contributed by atoms with Gasteiger partial charge in [0.05, 0.1) is 23.3 Å². The minimum atomic E-state index is -0.659. The van der Waals surface area contributed by atoms with Crippen molar-refractivity contribution in [2.75, 3.05) is 13.2 Å². The summed E-state index contributed by atoms with van der Waals surface area (Å²) in [7, 11) is 0. The zero-order valence-corrected chi connectivity index (χ0v) is 18.5. The van der Waals surface area contributed by atoms with Gasteiger partial charge < -0.3 is 19.7 Å². The predicted octanol–water partition coefficient (Wildman–Crippen LogP) is 4.66. The van der Waals surface area contributed by atoms with Gasteiger partial charge in [-0.3, -0.25) is 0 Å². The van der Waals surface area contributed by atoms with Crippen LogP contribution in [0.3, 0.4) is 0 Å². The van der Waals surface area contributed by atoms with Gasteiger partial charge >= 0.3 is 11.9 Å². The molecule has 2 N–H and O–H groups in total. The van der Waals surface area contributed by atoms with Gasteiger partial charge in [0.15, 0.2) is 0 Å². The minimum absolute atomic E-state index is 0.0368. The van der Waals surface area contributed by atoms with Gasteiger partial charge in [-0.05, 0) is 37.1 Å². The topological polar surface area (TPSA) is 93.1 Å². The first-order chi connectivity index (χ1) is 14.5.